The zero-order valence-corrected chi connectivity index (χ0v) is 16.2. The second kappa shape index (κ2) is 8.54. The SMILES string of the molecule is O=C(CN1CCC(Nc2ncnc3cc(Cl)ccc23)CC1)Nc1ccccc1. The van der Waals surface area contributed by atoms with Gasteiger partial charge in [-0.25, -0.2) is 9.97 Å². The van der Waals surface area contributed by atoms with Crippen LogP contribution in [-0.4, -0.2) is 46.5 Å². The number of anilines is 2. The summed E-state index contributed by atoms with van der Waals surface area (Å²) in [6.07, 6.45) is 3.47. The summed E-state index contributed by atoms with van der Waals surface area (Å²) < 4.78 is 0. The molecule has 7 heteroatoms. The molecule has 0 unspecified atom stereocenters. The lowest BCUT2D eigenvalue weighted by Gasteiger charge is -2.32. The maximum Gasteiger partial charge on any atom is 0.238 e. The van der Waals surface area contributed by atoms with Gasteiger partial charge in [-0.1, -0.05) is 29.8 Å². The van der Waals surface area contributed by atoms with E-state index in [1.165, 1.54) is 0 Å². The molecule has 144 valence electrons. The molecule has 3 aromatic rings. The molecule has 1 aliphatic heterocycles. The van der Waals surface area contributed by atoms with Crippen molar-refractivity contribution in [3.8, 4) is 0 Å². The van der Waals surface area contributed by atoms with Crippen LogP contribution in [0.5, 0.6) is 0 Å². The zero-order chi connectivity index (χ0) is 19.3. The number of amides is 1. The number of hydrogen-bond donors (Lipinski definition) is 2. The molecular formula is C21H22ClN5O. The first-order valence-electron chi connectivity index (χ1n) is 9.41. The number of rotatable bonds is 5. The van der Waals surface area contributed by atoms with Crippen molar-refractivity contribution in [1.82, 2.24) is 14.9 Å². The van der Waals surface area contributed by atoms with Gasteiger partial charge in [-0.15, -0.1) is 0 Å². The van der Waals surface area contributed by atoms with Gasteiger partial charge in [0.2, 0.25) is 5.91 Å². The van der Waals surface area contributed by atoms with E-state index in [2.05, 4.69) is 25.5 Å². The Balaban J connectivity index is 1.30. The molecule has 0 saturated carbocycles. The van der Waals surface area contributed by atoms with Crippen molar-refractivity contribution in [3.63, 3.8) is 0 Å². The summed E-state index contributed by atoms with van der Waals surface area (Å²) in [7, 11) is 0. The molecule has 2 heterocycles. The zero-order valence-electron chi connectivity index (χ0n) is 15.4. The van der Waals surface area contributed by atoms with E-state index in [1.807, 2.05) is 48.5 Å². The highest BCUT2D eigenvalue weighted by atomic mass is 35.5. The van der Waals surface area contributed by atoms with Crippen LogP contribution in [0.15, 0.2) is 54.9 Å². The minimum atomic E-state index is 0.0243. The maximum absolute atomic E-state index is 12.2. The predicted octanol–water partition coefficient (Wildman–Crippen LogP) is 3.80. The molecule has 0 bridgehead atoms. The van der Waals surface area contributed by atoms with Crippen LogP contribution in [0, 0.1) is 0 Å². The minimum Gasteiger partial charge on any atom is -0.367 e. The number of nitrogens with zero attached hydrogens (tertiary/aromatic N) is 3. The van der Waals surface area contributed by atoms with Crippen molar-refractivity contribution in [2.45, 2.75) is 18.9 Å². The van der Waals surface area contributed by atoms with Gasteiger partial charge >= 0.3 is 0 Å². The average Bonchev–Trinajstić information content (AvgIpc) is 2.70. The summed E-state index contributed by atoms with van der Waals surface area (Å²) in [5, 5.41) is 8.11. The molecule has 1 amide bonds. The molecule has 28 heavy (non-hydrogen) atoms. The van der Waals surface area contributed by atoms with E-state index in [-0.39, 0.29) is 5.91 Å². The fourth-order valence-electron chi connectivity index (χ4n) is 3.50. The van der Waals surface area contributed by atoms with E-state index in [4.69, 9.17) is 11.6 Å². The summed E-state index contributed by atoms with van der Waals surface area (Å²) >= 11 is 6.05. The van der Waals surface area contributed by atoms with Crippen LogP contribution in [0.1, 0.15) is 12.8 Å². The second-order valence-electron chi connectivity index (χ2n) is 6.99. The maximum atomic E-state index is 12.2. The van der Waals surface area contributed by atoms with Crippen molar-refractivity contribution in [2.75, 3.05) is 30.3 Å². The van der Waals surface area contributed by atoms with Crippen LogP contribution in [0.4, 0.5) is 11.5 Å². The van der Waals surface area contributed by atoms with Crippen molar-refractivity contribution in [2.24, 2.45) is 0 Å². The second-order valence-corrected chi connectivity index (χ2v) is 7.43. The summed E-state index contributed by atoms with van der Waals surface area (Å²) in [5.41, 5.74) is 1.67. The third-order valence-corrected chi connectivity index (χ3v) is 5.19. The molecule has 4 rings (SSSR count). The van der Waals surface area contributed by atoms with Crippen LogP contribution in [-0.2, 0) is 4.79 Å². The Morgan fingerprint density at radius 3 is 2.68 bits per heavy atom. The Kier molecular flexibility index (Phi) is 5.69. The molecule has 1 saturated heterocycles. The molecule has 2 aromatic carbocycles. The first-order chi connectivity index (χ1) is 13.7. The molecule has 0 radical (unpaired) electrons. The average molecular weight is 396 g/mol. The summed E-state index contributed by atoms with van der Waals surface area (Å²) in [6.45, 7) is 2.15. The van der Waals surface area contributed by atoms with Gasteiger partial charge in [0.25, 0.3) is 0 Å². The van der Waals surface area contributed by atoms with Gasteiger partial charge in [0.15, 0.2) is 0 Å². The summed E-state index contributed by atoms with van der Waals surface area (Å²) in [4.78, 5) is 23.1. The number of halogens is 1. The number of hydrogen-bond acceptors (Lipinski definition) is 5. The molecule has 0 spiro atoms. The normalized spacial score (nSPS) is 15.5. The third kappa shape index (κ3) is 4.58. The smallest absolute Gasteiger partial charge is 0.238 e. The number of likely N-dealkylation sites (tertiary alicyclic amines) is 1. The number of carbonyl (C=O) groups excluding carboxylic acids is 1. The molecule has 1 aromatic heterocycles. The molecule has 1 aliphatic rings. The van der Waals surface area contributed by atoms with Crippen LogP contribution in [0.2, 0.25) is 5.02 Å². The number of fused-ring (bicyclic) bond motifs is 1. The molecule has 0 atom stereocenters. The molecule has 6 nitrogen and oxygen atoms in total. The Morgan fingerprint density at radius 2 is 1.89 bits per heavy atom. The Hall–Kier alpha value is -2.70. The van der Waals surface area contributed by atoms with E-state index in [0.717, 1.165) is 48.3 Å². The quantitative estimate of drug-likeness (QED) is 0.687. The lowest BCUT2D eigenvalue weighted by molar-refractivity contribution is -0.117. The highest BCUT2D eigenvalue weighted by molar-refractivity contribution is 6.31. The first-order valence-corrected chi connectivity index (χ1v) is 9.79. The van der Waals surface area contributed by atoms with Gasteiger partial charge in [-0.05, 0) is 43.2 Å². The van der Waals surface area contributed by atoms with Crippen LogP contribution in [0.3, 0.4) is 0 Å². The van der Waals surface area contributed by atoms with Crippen molar-refractivity contribution < 1.29 is 4.79 Å². The third-order valence-electron chi connectivity index (χ3n) is 4.95. The largest absolute Gasteiger partial charge is 0.367 e. The molecular weight excluding hydrogens is 374 g/mol. The van der Waals surface area contributed by atoms with Crippen LogP contribution >= 0.6 is 11.6 Å². The number of nitrogens with one attached hydrogen (secondary N) is 2. The Bertz CT molecular complexity index is 957. The van der Waals surface area contributed by atoms with Gasteiger partial charge in [-0.2, -0.15) is 0 Å². The van der Waals surface area contributed by atoms with Crippen molar-refractivity contribution in [1.29, 1.82) is 0 Å². The van der Waals surface area contributed by atoms with Gasteiger partial charge < -0.3 is 10.6 Å². The van der Waals surface area contributed by atoms with Gasteiger partial charge in [0, 0.05) is 35.2 Å². The molecule has 0 aliphatic carbocycles. The standard InChI is InChI=1S/C21H22ClN5O/c22-15-6-7-18-19(12-15)23-14-24-21(18)26-17-8-10-27(11-9-17)13-20(28)25-16-4-2-1-3-5-16/h1-7,12,14,17H,8-11,13H2,(H,25,28)(H,23,24,26). The fraction of sp³-hybridized carbons (Fsp3) is 0.286. The number of aromatic nitrogens is 2. The van der Waals surface area contributed by atoms with Gasteiger partial charge in [-0.3, -0.25) is 9.69 Å². The first kappa shape index (κ1) is 18.7. The number of piperidine rings is 1. The number of carbonyl (C=O) groups is 1. The van der Waals surface area contributed by atoms with E-state index in [9.17, 15) is 4.79 Å². The Labute approximate surface area is 168 Å². The number of benzene rings is 2. The Morgan fingerprint density at radius 1 is 1.11 bits per heavy atom. The highest BCUT2D eigenvalue weighted by Gasteiger charge is 2.21. The number of para-hydroxylation sites is 1. The lowest BCUT2D eigenvalue weighted by atomic mass is 10.0. The van der Waals surface area contributed by atoms with Gasteiger partial charge in [0.05, 0.1) is 12.1 Å². The van der Waals surface area contributed by atoms with Crippen molar-refractivity contribution in [3.05, 3.63) is 59.9 Å². The van der Waals surface area contributed by atoms with Crippen LogP contribution in [0.25, 0.3) is 10.9 Å². The summed E-state index contributed by atoms with van der Waals surface area (Å²) in [5.74, 6) is 0.859. The minimum absolute atomic E-state index is 0.0243. The molecule has 2 N–H and O–H groups in total. The monoisotopic (exact) mass is 395 g/mol. The van der Waals surface area contributed by atoms with Gasteiger partial charge in [0.1, 0.15) is 12.1 Å². The van der Waals surface area contributed by atoms with E-state index in [1.54, 1.807) is 6.33 Å². The van der Waals surface area contributed by atoms with Crippen molar-refractivity contribution >= 4 is 39.9 Å². The van der Waals surface area contributed by atoms with E-state index in [0.29, 0.717) is 17.6 Å². The fourth-order valence-corrected chi connectivity index (χ4v) is 3.67. The lowest BCUT2D eigenvalue weighted by Crippen LogP contribution is -2.42. The molecule has 1 fully saturated rings. The summed E-state index contributed by atoms with van der Waals surface area (Å²) in [6, 6.07) is 15.5. The predicted molar refractivity (Wildman–Crippen MR) is 113 cm³/mol. The highest BCUT2D eigenvalue weighted by Crippen LogP contribution is 2.24. The van der Waals surface area contributed by atoms with E-state index < -0.39 is 0 Å². The van der Waals surface area contributed by atoms with E-state index >= 15 is 0 Å². The van der Waals surface area contributed by atoms with Crippen LogP contribution < -0.4 is 10.6 Å². The topological polar surface area (TPSA) is 70.2 Å².